The number of para-hydroxylation sites is 1. The van der Waals surface area contributed by atoms with E-state index in [2.05, 4.69) is 15.2 Å². The summed E-state index contributed by atoms with van der Waals surface area (Å²) in [5.74, 6) is 1.77. The Bertz CT molecular complexity index is 895. The van der Waals surface area contributed by atoms with Crippen LogP contribution in [0.1, 0.15) is 18.4 Å². The zero-order valence-electron chi connectivity index (χ0n) is 16.7. The molecule has 0 saturated carbocycles. The van der Waals surface area contributed by atoms with Crippen LogP contribution in [0, 0.1) is 0 Å². The third-order valence-corrected chi connectivity index (χ3v) is 5.93. The first-order valence-electron chi connectivity index (χ1n) is 9.42. The molecule has 0 aliphatic carbocycles. The summed E-state index contributed by atoms with van der Waals surface area (Å²) in [5.41, 5.74) is 1.01. The van der Waals surface area contributed by atoms with Crippen LogP contribution in [0.3, 0.4) is 0 Å². The number of aliphatic imine (C=N–C) groups is 1. The fourth-order valence-electron chi connectivity index (χ4n) is 3.24. The van der Waals surface area contributed by atoms with Gasteiger partial charge in [0, 0.05) is 45.8 Å². The van der Waals surface area contributed by atoms with Gasteiger partial charge in [0.2, 0.25) is 0 Å². The number of piperidine rings is 1. The molecule has 6 nitrogen and oxygen atoms in total. The van der Waals surface area contributed by atoms with Gasteiger partial charge in [-0.3, -0.25) is 4.99 Å². The van der Waals surface area contributed by atoms with Crippen molar-refractivity contribution in [2.24, 2.45) is 4.99 Å². The molecule has 0 aromatic heterocycles. The number of hydrogen-bond acceptors (Lipinski definition) is 4. The van der Waals surface area contributed by atoms with Gasteiger partial charge in [-0.25, -0.2) is 8.42 Å². The van der Waals surface area contributed by atoms with E-state index in [0.717, 1.165) is 43.2 Å². The summed E-state index contributed by atoms with van der Waals surface area (Å²) in [6.45, 7) is 2.35. The maximum atomic E-state index is 11.6. The van der Waals surface area contributed by atoms with Gasteiger partial charge in [0.1, 0.15) is 11.9 Å². The molecule has 158 valence electrons. The van der Waals surface area contributed by atoms with Crippen LogP contribution in [-0.4, -0.2) is 51.8 Å². The average Bonchev–Trinajstić information content (AvgIpc) is 2.70. The molecular weight excluding hydrogens is 501 g/mol. The van der Waals surface area contributed by atoms with Crippen molar-refractivity contribution in [3.63, 3.8) is 0 Å². The Hall–Kier alpha value is -1.81. The van der Waals surface area contributed by atoms with Crippen molar-refractivity contribution in [3.8, 4) is 5.75 Å². The van der Waals surface area contributed by atoms with Crippen molar-refractivity contribution in [1.29, 1.82) is 0 Å². The van der Waals surface area contributed by atoms with E-state index in [1.165, 1.54) is 6.26 Å². The van der Waals surface area contributed by atoms with E-state index in [4.69, 9.17) is 4.74 Å². The van der Waals surface area contributed by atoms with Gasteiger partial charge >= 0.3 is 0 Å². The molecule has 8 heteroatoms. The van der Waals surface area contributed by atoms with E-state index >= 15 is 0 Å². The second-order valence-corrected chi connectivity index (χ2v) is 8.95. The van der Waals surface area contributed by atoms with Crippen LogP contribution < -0.4 is 10.1 Å². The number of hydrogen-bond donors (Lipinski definition) is 1. The molecule has 0 bridgehead atoms. The minimum absolute atomic E-state index is 0. The molecule has 0 atom stereocenters. The minimum atomic E-state index is -3.16. The number of guanidine groups is 1. The predicted octanol–water partition coefficient (Wildman–Crippen LogP) is 3.33. The Morgan fingerprint density at radius 2 is 1.72 bits per heavy atom. The van der Waals surface area contributed by atoms with Crippen LogP contribution in [0.2, 0.25) is 0 Å². The quantitative estimate of drug-likeness (QED) is 0.366. The fourth-order valence-corrected chi connectivity index (χ4v) is 3.88. The van der Waals surface area contributed by atoms with Crippen molar-refractivity contribution in [3.05, 3.63) is 60.2 Å². The fraction of sp³-hybridized carbons (Fsp3) is 0.381. The van der Waals surface area contributed by atoms with Gasteiger partial charge in [0.05, 0.1) is 4.90 Å². The Kier molecular flexibility index (Phi) is 8.76. The first-order chi connectivity index (χ1) is 13.5. The second kappa shape index (κ2) is 10.8. The van der Waals surface area contributed by atoms with Gasteiger partial charge < -0.3 is 15.0 Å². The normalized spacial score (nSPS) is 15.5. The van der Waals surface area contributed by atoms with Crippen LogP contribution in [0.25, 0.3) is 0 Å². The van der Waals surface area contributed by atoms with Crippen molar-refractivity contribution in [2.45, 2.75) is 30.4 Å². The molecule has 0 spiro atoms. The molecule has 1 N–H and O–H groups in total. The Balaban J connectivity index is 0.00000300. The highest BCUT2D eigenvalue weighted by Gasteiger charge is 2.22. The topological polar surface area (TPSA) is 71.0 Å². The number of ether oxygens (including phenoxy) is 1. The summed E-state index contributed by atoms with van der Waals surface area (Å²) in [6, 6.07) is 16.9. The Labute approximate surface area is 190 Å². The first-order valence-corrected chi connectivity index (χ1v) is 11.3. The van der Waals surface area contributed by atoms with Crippen LogP contribution in [-0.2, 0) is 16.4 Å². The molecule has 1 saturated heterocycles. The highest BCUT2D eigenvalue weighted by atomic mass is 127. The molecule has 0 radical (unpaired) electrons. The average molecular weight is 529 g/mol. The van der Waals surface area contributed by atoms with Crippen LogP contribution in [0.4, 0.5) is 0 Å². The van der Waals surface area contributed by atoms with E-state index < -0.39 is 9.84 Å². The summed E-state index contributed by atoms with van der Waals surface area (Å²) in [4.78, 5) is 6.95. The van der Waals surface area contributed by atoms with Crippen molar-refractivity contribution >= 4 is 39.8 Å². The lowest BCUT2D eigenvalue weighted by molar-refractivity contribution is 0.129. The molecule has 2 aromatic carbocycles. The summed E-state index contributed by atoms with van der Waals surface area (Å²) in [7, 11) is -1.39. The number of nitrogens with zero attached hydrogens (tertiary/aromatic N) is 2. The Morgan fingerprint density at radius 3 is 2.28 bits per heavy atom. The van der Waals surface area contributed by atoms with Gasteiger partial charge in [-0.2, -0.15) is 0 Å². The first kappa shape index (κ1) is 23.5. The largest absolute Gasteiger partial charge is 0.490 e. The molecule has 1 heterocycles. The number of sulfone groups is 1. The Morgan fingerprint density at radius 1 is 1.10 bits per heavy atom. The zero-order valence-corrected chi connectivity index (χ0v) is 19.9. The maximum Gasteiger partial charge on any atom is 0.193 e. The third-order valence-electron chi connectivity index (χ3n) is 4.80. The molecule has 1 aliphatic rings. The van der Waals surface area contributed by atoms with Crippen LogP contribution in [0.5, 0.6) is 5.75 Å². The molecule has 2 aromatic rings. The number of rotatable bonds is 5. The third kappa shape index (κ3) is 6.88. The highest BCUT2D eigenvalue weighted by Crippen LogP contribution is 2.19. The summed E-state index contributed by atoms with van der Waals surface area (Å²) >= 11 is 0. The van der Waals surface area contributed by atoms with Crippen molar-refractivity contribution in [1.82, 2.24) is 10.2 Å². The molecular formula is C21H28IN3O3S. The molecule has 1 aliphatic heterocycles. The van der Waals surface area contributed by atoms with Crippen molar-refractivity contribution < 1.29 is 13.2 Å². The van der Waals surface area contributed by atoms with Gasteiger partial charge in [0.25, 0.3) is 0 Å². The number of benzene rings is 2. The minimum Gasteiger partial charge on any atom is -0.490 e. The predicted molar refractivity (Wildman–Crippen MR) is 127 cm³/mol. The lowest BCUT2D eigenvalue weighted by Crippen LogP contribution is -2.47. The van der Waals surface area contributed by atoms with Crippen molar-refractivity contribution in [2.75, 3.05) is 26.4 Å². The molecule has 3 rings (SSSR count). The lowest BCUT2D eigenvalue weighted by atomic mass is 10.1. The second-order valence-electron chi connectivity index (χ2n) is 6.93. The van der Waals surface area contributed by atoms with E-state index in [1.807, 2.05) is 42.5 Å². The standard InChI is InChI=1S/C21H27N3O3S.HI/c1-22-21(23-16-17-8-10-20(11-9-17)28(2,25)26)24-14-12-19(13-15-24)27-18-6-4-3-5-7-18;/h3-11,19H,12-16H2,1-2H3,(H,22,23);1H. The highest BCUT2D eigenvalue weighted by molar-refractivity contribution is 14.0. The van der Waals surface area contributed by atoms with Gasteiger partial charge in [-0.1, -0.05) is 30.3 Å². The van der Waals surface area contributed by atoms with Gasteiger partial charge in [-0.15, -0.1) is 24.0 Å². The lowest BCUT2D eigenvalue weighted by Gasteiger charge is -2.34. The zero-order chi connectivity index (χ0) is 20.0. The van der Waals surface area contributed by atoms with Gasteiger partial charge in [-0.05, 0) is 29.8 Å². The molecule has 0 amide bonds. The molecule has 29 heavy (non-hydrogen) atoms. The summed E-state index contributed by atoms with van der Waals surface area (Å²) in [6.07, 6.45) is 3.32. The maximum absolute atomic E-state index is 11.6. The summed E-state index contributed by atoms with van der Waals surface area (Å²) in [5, 5.41) is 3.36. The van der Waals surface area contributed by atoms with E-state index in [-0.39, 0.29) is 30.1 Å². The SMILES string of the molecule is CN=C(NCc1ccc(S(C)(=O)=O)cc1)N1CCC(Oc2ccccc2)CC1.I. The smallest absolute Gasteiger partial charge is 0.193 e. The number of nitrogens with one attached hydrogen (secondary N) is 1. The number of likely N-dealkylation sites (tertiary alicyclic amines) is 1. The molecule has 0 unspecified atom stereocenters. The van der Waals surface area contributed by atoms with E-state index in [1.54, 1.807) is 19.2 Å². The summed E-state index contributed by atoms with van der Waals surface area (Å²) < 4.78 is 29.2. The van der Waals surface area contributed by atoms with E-state index in [0.29, 0.717) is 11.4 Å². The monoisotopic (exact) mass is 529 g/mol. The van der Waals surface area contributed by atoms with Crippen LogP contribution in [0.15, 0.2) is 64.5 Å². The van der Waals surface area contributed by atoms with Gasteiger partial charge in [0.15, 0.2) is 15.8 Å². The van der Waals surface area contributed by atoms with Crippen LogP contribution >= 0.6 is 24.0 Å². The number of halogens is 1. The van der Waals surface area contributed by atoms with E-state index in [9.17, 15) is 8.42 Å². The molecule has 1 fully saturated rings.